The van der Waals surface area contributed by atoms with Gasteiger partial charge in [0.25, 0.3) is 0 Å². The van der Waals surface area contributed by atoms with Gasteiger partial charge in [0.15, 0.2) is 36.7 Å². The zero-order valence-corrected chi connectivity index (χ0v) is 30.4. The molecule has 4 aromatic rings. The Balaban J connectivity index is 0.926. The van der Waals surface area contributed by atoms with Gasteiger partial charge in [0, 0.05) is 16.7 Å². The highest BCUT2D eigenvalue weighted by Crippen LogP contribution is 2.47. The molecule has 12 heteroatoms. The summed E-state index contributed by atoms with van der Waals surface area (Å²) in [6, 6.07) is 18.3. The molecule has 1 aliphatic carbocycles. The molecule has 0 unspecified atom stereocenters. The highest BCUT2D eigenvalue weighted by atomic mass is 19.1. The van der Waals surface area contributed by atoms with Crippen molar-refractivity contribution in [3.05, 3.63) is 107 Å². The van der Waals surface area contributed by atoms with Gasteiger partial charge in [-0.3, -0.25) is 0 Å². The quantitative estimate of drug-likeness (QED) is 0.0484. The monoisotopic (exact) mass is 744 g/mol. The highest BCUT2D eigenvalue weighted by molar-refractivity contribution is 5.92. The van der Waals surface area contributed by atoms with Crippen LogP contribution in [0.3, 0.4) is 0 Å². The number of carbonyl (C=O) groups is 2. The maximum atomic E-state index is 14.8. The van der Waals surface area contributed by atoms with E-state index >= 15 is 0 Å². The number of ether oxygens (including phenoxy) is 8. The van der Waals surface area contributed by atoms with Gasteiger partial charge in [-0.2, -0.15) is 0 Å². The fourth-order valence-corrected chi connectivity index (χ4v) is 6.69. The largest absolute Gasteiger partial charge is 0.464 e. The summed E-state index contributed by atoms with van der Waals surface area (Å²) in [4.78, 5) is 26.0. The molecule has 2 fully saturated rings. The molecule has 0 bridgehead atoms. The molecule has 2 heterocycles. The molecule has 7 rings (SSSR count). The van der Waals surface area contributed by atoms with Crippen LogP contribution in [0.4, 0.5) is 8.78 Å². The minimum Gasteiger partial charge on any atom is -0.464 e. The van der Waals surface area contributed by atoms with Crippen molar-refractivity contribution >= 4 is 11.9 Å². The number of halogens is 2. The minimum absolute atomic E-state index is 0.0139. The molecule has 0 saturated carbocycles. The van der Waals surface area contributed by atoms with Crippen molar-refractivity contribution in [2.24, 2.45) is 10.8 Å². The number of fused-ring (bicyclic) bond motifs is 3. The molecular weight excluding hydrogens is 702 g/mol. The zero-order valence-electron chi connectivity index (χ0n) is 30.4. The van der Waals surface area contributed by atoms with E-state index in [4.69, 9.17) is 37.9 Å². The van der Waals surface area contributed by atoms with Gasteiger partial charge in [0.05, 0.1) is 50.8 Å². The van der Waals surface area contributed by atoms with E-state index in [0.29, 0.717) is 51.1 Å². The lowest BCUT2D eigenvalue weighted by Gasteiger charge is -2.40. The Bertz CT molecular complexity index is 1870. The van der Waals surface area contributed by atoms with Crippen LogP contribution >= 0.6 is 0 Å². The lowest BCUT2D eigenvalue weighted by Crippen LogP contribution is -2.45. The third-order valence-electron chi connectivity index (χ3n) is 10.6. The summed E-state index contributed by atoms with van der Waals surface area (Å²) in [6.07, 6.45) is 1.83. The molecule has 0 N–H and O–H groups in total. The molecule has 0 radical (unpaired) electrons. The minimum atomic E-state index is -0.724. The molecule has 284 valence electrons. The van der Waals surface area contributed by atoms with Crippen LogP contribution in [-0.2, 0) is 18.9 Å². The first-order chi connectivity index (χ1) is 26.1. The second-order valence-corrected chi connectivity index (χ2v) is 14.2. The van der Waals surface area contributed by atoms with E-state index in [0.717, 1.165) is 47.2 Å². The molecule has 0 spiro atoms. The number of benzene rings is 4. The van der Waals surface area contributed by atoms with Crippen LogP contribution in [0.25, 0.3) is 11.1 Å². The Morgan fingerprint density at radius 1 is 0.648 bits per heavy atom. The molecule has 4 aromatic carbocycles. The van der Waals surface area contributed by atoms with Crippen LogP contribution in [0.15, 0.2) is 72.8 Å². The van der Waals surface area contributed by atoms with Crippen molar-refractivity contribution < 1.29 is 56.3 Å². The topological polar surface area (TPSA) is 108 Å². The predicted octanol–water partition coefficient (Wildman–Crippen LogP) is 8.09. The lowest BCUT2D eigenvalue weighted by molar-refractivity contribution is -0.162. The highest BCUT2D eigenvalue weighted by Gasteiger charge is 2.38. The Morgan fingerprint density at radius 3 is 1.43 bits per heavy atom. The molecule has 3 aliphatic rings. The molecular formula is C42H42F2O10. The molecule has 0 atom stereocenters. The first-order valence-corrected chi connectivity index (χ1v) is 18.0. The smallest absolute Gasteiger partial charge is 0.343 e. The number of rotatable bonds is 16. The van der Waals surface area contributed by atoms with Crippen LogP contribution in [0.1, 0.15) is 71.4 Å². The Morgan fingerprint density at radius 2 is 1.07 bits per heavy atom. The van der Waals surface area contributed by atoms with E-state index in [1.165, 1.54) is 24.3 Å². The zero-order chi connectivity index (χ0) is 37.9. The number of esters is 2. The van der Waals surface area contributed by atoms with Crippen LogP contribution in [-0.4, -0.2) is 65.2 Å². The van der Waals surface area contributed by atoms with Gasteiger partial charge in [-0.05, 0) is 95.8 Å². The molecule has 0 amide bonds. The van der Waals surface area contributed by atoms with Crippen LogP contribution in [0, 0.1) is 22.5 Å². The number of carbonyl (C=O) groups excluding carboxylic acids is 2. The molecule has 10 nitrogen and oxygen atoms in total. The first kappa shape index (κ1) is 37.4. The summed E-state index contributed by atoms with van der Waals surface area (Å²) in [5, 5.41) is 0. The average molecular weight is 745 g/mol. The van der Waals surface area contributed by atoms with E-state index in [1.807, 2.05) is 19.1 Å². The molecule has 54 heavy (non-hydrogen) atoms. The average Bonchev–Trinajstić information content (AvgIpc) is 3.41. The van der Waals surface area contributed by atoms with E-state index in [2.05, 4.69) is 13.8 Å². The lowest BCUT2D eigenvalue weighted by atomic mass is 9.84. The van der Waals surface area contributed by atoms with E-state index in [1.54, 1.807) is 24.3 Å². The second-order valence-electron chi connectivity index (χ2n) is 14.2. The normalized spacial score (nSPS) is 16.4. The second kappa shape index (κ2) is 15.8. The van der Waals surface area contributed by atoms with Crippen molar-refractivity contribution in [2.75, 3.05) is 53.2 Å². The SMILES string of the molecule is CCC1(COCOc2ccc(C(=O)Oc3ccc4c(c3)C(C)c3cc(OC(=O)c5ccc(OCOCC6(CC)COC6)c(F)c5)ccc3-4)cc2F)COC1. The van der Waals surface area contributed by atoms with Gasteiger partial charge in [-0.1, -0.05) is 32.9 Å². The van der Waals surface area contributed by atoms with Gasteiger partial charge in [0.2, 0.25) is 0 Å². The van der Waals surface area contributed by atoms with Crippen molar-refractivity contribution in [1.82, 2.24) is 0 Å². The van der Waals surface area contributed by atoms with Gasteiger partial charge >= 0.3 is 11.9 Å². The predicted molar refractivity (Wildman–Crippen MR) is 192 cm³/mol. The summed E-state index contributed by atoms with van der Waals surface area (Å²) in [5.74, 6) is -2.48. The van der Waals surface area contributed by atoms with Crippen molar-refractivity contribution in [3.63, 3.8) is 0 Å². The number of hydrogen-bond donors (Lipinski definition) is 0. The van der Waals surface area contributed by atoms with Crippen molar-refractivity contribution in [3.8, 4) is 34.1 Å². The maximum Gasteiger partial charge on any atom is 0.343 e. The molecule has 2 aliphatic heterocycles. The van der Waals surface area contributed by atoms with Gasteiger partial charge < -0.3 is 37.9 Å². The Labute approximate surface area is 312 Å². The summed E-state index contributed by atoms with van der Waals surface area (Å²) in [5.41, 5.74) is 3.70. The van der Waals surface area contributed by atoms with Gasteiger partial charge in [-0.15, -0.1) is 0 Å². The Hall–Kier alpha value is -4.88. The van der Waals surface area contributed by atoms with E-state index in [9.17, 15) is 18.4 Å². The fraction of sp³-hybridized carbons (Fsp3) is 0.381. The maximum absolute atomic E-state index is 14.8. The van der Waals surface area contributed by atoms with Crippen LogP contribution in [0.5, 0.6) is 23.0 Å². The number of hydrogen-bond acceptors (Lipinski definition) is 10. The first-order valence-electron chi connectivity index (χ1n) is 18.0. The van der Waals surface area contributed by atoms with Gasteiger partial charge in [-0.25, -0.2) is 18.4 Å². The van der Waals surface area contributed by atoms with Crippen molar-refractivity contribution in [1.29, 1.82) is 0 Å². The molecule has 0 aromatic heterocycles. The third kappa shape index (κ3) is 7.83. The van der Waals surface area contributed by atoms with Gasteiger partial charge in [0.1, 0.15) is 11.5 Å². The van der Waals surface area contributed by atoms with E-state index in [-0.39, 0.29) is 53.0 Å². The fourth-order valence-electron chi connectivity index (χ4n) is 6.69. The third-order valence-corrected chi connectivity index (χ3v) is 10.6. The summed E-state index contributed by atoms with van der Waals surface area (Å²) >= 11 is 0. The van der Waals surface area contributed by atoms with Crippen LogP contribution < -0.4 is 18.9 Å². The summed E-state index contributed by atoms with van der Waals surface area (Å²) in [6.45, 7) is 9.32. The van der Waals surface area contributed by atoms with Crippen molar-refractivity contribution in [2.45, 2.75) is 39.5 Å². The summed E-state index contributed by atoms with van der Waals surface area (Å²) < 4.78 is 73.5. The molecule has 2 saturated heterocycles. The van der Waals surface area contributed by atoms with E-state index < -0.39 is 23.6 Å². The standard InChI is InChI=1S/C42H42F2O10/c1-4-41(18-47-19-41)22-49-24-51-37-12-6-27(14-35(37)43)39(45)53-29-8-10-31-32-11-9-30(17-34(32)26(3)33(31)16-29)54-40(46)28-7-13-38(36(44)15-28)52-25-50-23-42(5-2)20-48-21-42/h6-17,26H,4-5,18-25H2,1-3H3. The Kier molecular flexibility index (Phi) is 11.0. The summed E-state index contributed by atoms with van der Waals surface area (Å²) in [7, 11) is 0. The van der Waals surface area contributed by atoms with Crippen LogP contribution in [0.2, 0.25) is 0 Å².